The molecule has 1 aromatic heterocycles. The van der Waals surface area contributed by atoms with Crippen molar-refractivity contribution >= 4 is 22.6 Å². The molecule has 112 valence electrons. The van der Waals surface area contributed by atoms with Gasteiger partial charge < -0.3 is 0 Å². The molecule has 0 bridgehead atoms. The van der Waals surface area contributed by atoms with Crippen LogP contribution < -0.4 is 0 Å². The number of fused-ring (bicyclic) bond motifs is 1. The molecule has 0 saturated carbocycles. The second-order valence-electron chi connectivity index (χ2n) is 5.61. The maximum Gasteiger partial charge on any atom is 0.145 e. The Balaban J connectivity index is 2.04. The van der Waals surface area contributed by atoms with Crippen LogP contribution in [0.2, 0.25) is 5.02 Å². The fourth-order valence-corrected chi connectivity index (χ4v) is 2.97. The zero-order chi connectivity index (χ0) is 15.8. The van der Waals surface area contributed by atoms with Crippen LogP contribution in [0.15, 0.2) is 72.8 Å². The Morgan fingerprint density at radius 3 is 2.43 bits per heavy atom. The third kappa shape index (κ3) is 2.51. The van der Waals surface area contributed by atoms with E-state index in [-0.39, 0.29) is 0 Å². The van der Waals surface area contributed by atoms with E-state index in [0.29, 0.717) is 0 Å². The molecule has 23 heavy (non-hydrogen) atoms. The fraction of sp³-hybridized carbons (Fsp3) is 0.0500. The highest BCUT2D eigenvalue weighted by Gasteiger charge is 2.13. The van der Waals surface area contributed by atoms with Crippen molar-refractivity contribution in [2.24, 2.45) is 0 Å². The molecule has 0 unspecified atom stereocenters. The summed E-state index contributed by atoms with van der Waals surface area (Å²) in [4.78, 5) is 4.84. The standard InChI is InChI=1S/C20H15ClN2/c1-14-5-4-6-17(13-14)23-19-8-3-2-7-18(19)22-20(23)15-9-11-16(21)12-10-15/h2-13H,1H3. The van der Waals surface area contributed by atoms with Crippen molar-refractivity contribution in [3.8, 4) is 17.1 Å². The Bertz CT molecular complexity index is 984. The van der Waals surface area contributed by atoms with Crippen LogP contribution in [0, 0.1) is 6.92 Å². The van der Waals surface area contributed by atoms with Gasteiger partial charge in [0.2, 0.25) is 0 Å². The van der Waals surface area contributed by atoms with E-state index in [2.05, 4.69) is 41.8 Å². The van der Waals surface area contributed by atoms with Crippen LogP contribution >= 0.6 is 11.6 Å². The monoisotopic (exact) mass is 318 g/mol. The van der Waals surface area contributed by atoms with Crippen molar-refractivity contribution in [1.29, 1.82) is 0 Å². The lowest BCUT2D eigenvalue weighted by Crippen LogP contribution is -1.97. The number of rotatable bonds is 2. The minimum Gasteiger partial charge on any atom is -0.292 e. The molecule has 1 heterocycles. The van der Waals surface area contributed by atoms with Gasteiger partial charge in [0.05, 0.1) is 11.0 Å². The van der Waals surface area contributed by atoms with Gasteiger partial charge in [0.1, 0.15) is 5.82 Å². The quantitative estimate of drug-likeness (QED) is 0.466. The van der Waals surface area contributed by atoms with Crippen LogP contribution in [0.1, 0.15) is 5.56 Å². The lowest BCUT2D eigenvalue weighted by Gasteiger charge is -2.10. The summed E-state index contributed by atoms with van der Waals surface area (Å²) in [6.45, 7) is 2.10. The summed E-state index contributed by atoms with van der Waals surface area (Å²) in [7, 11) is 0. The molecule has 4 rings (SSSR count). The van der Waals surface area contributed by atoms with E-state index >= 15 is 0 Å². The highest BCUT2D eigenvalue weighted by molar-refractivity contribution is 6.30. The first-order valence-corrected chi connectivity index (χ1v) is 7.91. The summed E-state index contributed by atoms with van der Waals surface area (Å²) in [6, 6.07) is 24.5. The molecular formula is C20H15ClN2. The van der Waals surface area contributed by atoms with Crippen molar-refractivity contribution in [1.82, 2.24) is 9.55 Å². The van der Waals surface area contributed by atoms with E-state index in [1.807, 2.05) is 42.5 Å². The van der Waals surface area contributed by atoms with E-state index in [0.717, 1.165) is 33.1 Å². The fourth-order valence-electron chi connectivity index (χ4n) is 2.85. The maximum absolute atomic E-state index is 6.03. The number of benzene rings is 3. The lowest BCUT2D eigenvalue weighted by molar-refractivity contribution is 1.10. The average molecular weight is 319 g/mol. The zero-order valence-electron chi connectivity index (χ0n) is 12.7. The van der Waals surface area contributed by atoms with Crippen LogP contribution in [0.3, 0.4) is 0 Å². The number of imidazole rings is 1. The second kappa shape index (κ2) is 5.56. The molecule has 0 fully saturated rings. The first kappa shape index (κ1) is 14.0. The third-order valence-electron chi connectivity index (χ3n) is 3.92. The topological polar surface area (TPSA) is 17.8 Å². The van der Waals surface area contributed by atoms with Crippen LogP contribution in [-0.4, -0.2) is 9.55 Å². The zero-order valence-corrected chi connectivity index (χ0v) is 13.5. The van der Waals surface area contributed by atoms with Gasteiger partial charge in [-0.2, -0.15) is 0 Å². The molecule has 0 aliphatic carbocycles. The summed E-state index contributed by atoms with van der Waals surface area (Å²) < 4.78 is 2.20. The van der Waals surface area contributed by atoms with Gasteiger partial charge in [0.25, 0.3) is 0 Å². The minimum absolute atomic E-state index is 0.729. The van der Waals surface area contributed by atoms with Gasteiger partial charge in [-0.05, 0) is 61.0 Å². The van der Waals surface area contributed by atoms with Crippen molar-refractivity contribution in [3.05, 3.63) is 83.4 Å². The van der Waals surface area contributed by atoms with Gasteiger partial charge in [-0.25, -0.2) is 4.98 Å². The summed E-state index contributed by atoms with van der Waals surface area (Å²) in [5, 5.41) is 0.729. The molecule has 3 heteroatoms. The number of hydrogen-bond donors (Lipinski definition) is 0. The van der Waals surface area contributed by atoms with E-state index in [1.54, 1.807) is 0 Å². The minimum atomic E-state index is 0.729. The van der Waals surface area contributed by atoms with Gasteiger partial charge in [0.15, 0.2) is 0 Å². The first-order valence-electron chi connectivity index (χ1n) is 7.53. The highest BCUT2D eigenvalue weighted by atomic mass is 35.5. The summed E-state index contributed by atoms with van der Waals surface area (Å²) in [6.07, 6.45) is 0. The second-order valence-corrected chi connectivity index (χ2v) is 6.04. The predicted octanol–water partition coefficient (Wildman–Crippen LogP) is 5.65. The van der Waals surface area contributed by atoms with Crippen LogP contribution in [0.25, 0.3) is 28.1 Å². The third-order valence-corrected chi connectivity index (χ3v) is 4.18. The SMILES string of the molecule is Cc1cccc(-n2c(-c3ccc(Cl)cc3)nc3ccccc32)c1. The summed E-state index contributed by atoms with van der Waals surface area (Å²) in [5.41, 5.74) is 5.47. The van der Waals surface area contributed by atoms with Gasteiger partial charge in [-0.15, -0.1) is 0 Å². The Morgan fingerprint density at radius 1 is 0.870 bits per heavy atom. The molecule has 0 amide bonds. The van der Waals surface area contributed by atoms with Crippen molar-refractivity contribution in [2.45, 2.75) is 6.92 Å². The molecule has 0 aliphatic rings. The predicted molar refractivity (Wildman–Crippen MR) is 96.3 cm³/mol. The number of nitrogens with zero attached hydrogens (tertiary/aromatic N) is 2. The molecule has 0 aliphatic heterocycles. The Labute approximate surface area is 140 Å². The van der Waals surface area contributed by atoms with Gasteiger partial charge in [-0.1, -0.05) is 35.9 Å². The molecule has 0 atom stereocenters. The van der Waals surface area contributed by atoms with Gasteiger partial charge in [0, 0.05) is 16.3 Å². The number of aromatic nitrogens is 2. The number of aryl methyl sites for hydroxylation is 1. The van der Waals surface area contributed by atoms with E-state index in [1.165, 1.54) is 5.56 Å². The summed E-state index contributed by atoms with van der Waals surface area (Å²) >= 11 is 6.03. The molecule has 3 aromatic carbocycles. The summed E-state index contributed by atoms with van der Waals surface area (Å²) in [5.74, 6) is 0.925. The molecule has 0 radical (unpaired) electrons. The highest BCUT2D eigenvalue weighted by Crippen LogP contribution is 2.29. The van der Waals surface area contributed by atoms with Crippen molar-refractivity contribution < 1.29 is 0 Å². The van der Waals surface area contributed by atoms with Crippen LogP contribution in [0.5, 0.6) is 0 Å². The van der Waals surface area contributed by atoms with Crippen LogP contribution in [-0.2, 0) is 0 Å². The van der Waals surface area contributed by atoms with Gasteiger partial charge >= 0.3 is 0 Å². The molecule has 2 nitrogen and oxygen atoms in total. The molecule has 4 aromatic rings. The van der Waals surface area contributed by atoms with E-state index < -0.39 is 0 Å². The molecule has 0 spiro atoms. The Kier molecular flexibility index (Phi) is 3.40. The number of hydrogen-bond acceptors (Lipinski definition) is 1. The van der Waals surface area contributed by atoms with Gasteiger partial charge in [-0.3, -0.25) is 4.57 Å². The maximum atomic E-state index is 6.03. The molecule has 0 N–H and O–H groups in total. The average Bonchev–Trinajstić information content (AvgIpc) is 2.95. The van der Waals surface area contributed by atoms with Crippen molar-refractivity contribution in [3.63, 3.8) is 0 Å². The van der Waals surface area contributed by atoms with E-state index in [4.69, 9.17) is 16.6 Å². The first-order chi connectivity index (χ1) is 11.2. The normalized spacial score (nSPS) is 11.0. The van der Waals surface area contributed by atoms with Crippen molar-refractivity contribution in [2.75, 3.05) is 0 Å². The number of halogens is 1. The largest absolute Gasteiger partial charge is 0.292 e. The van der Waals surface area contributed by atoms with Crippen LogP contribution in [0.4, 0.5) is 0 Å². The smallest absolute Gasteiger partial charge is 0.145 e. The Morgan fingerprint density at radius 2 is 1.65 bits per heavy atom. The molecule has 0 saturated heterocycles. The van der Waals surface area contributed by atoms with E-state index in [9.17, 15) is 0 Å². The number of para-hydroxylation sites is 2. The lowest BCUT2D eigenvalue weighted by atomic mass is 10.2. The Hall–Kier alpha value is -2.58. The molecular weight excluding hydrogens is 304 g/mol.